The summed E-state index contributed by atoms with van der Waals surface area (Å²) >= 11 is 0. The third-order valence-electron chi connectivity index (χ3n) is 4.90. The van der Waals surface area contributed by atoms with Crippen LogP contribution in [0.3, 0.4) is 0 Å². The first-order valence-electron chi connectivity index (χ1n) is 9.53. The van der Waals surface area contributed by atoms with Gasteiger partial charge in [-0.3, -0.25) is 0 Å². The molecule has 1 atom stereocenters. The van der Waals surface area contributed by atoms with E-state index in [4.69, 9.17) is 15.9 Å². The first-order chi connectivity index (χ1) is 13.6. The molecule has 142 valence electrons. The molecule has 0 saturated carbocycles. The number of rotatable bonds is 5. The monoisotopic (exact) mass is 370 g/mol. The minimum Gasteiger partial charge on any atom is -0.495 e. The zero-order chi connectivity index (χ0) is 19.9. The Bertz CT molecular complexity index is 956. The Morgan fingerprint density at radius 3 is 2.64 bits per heavy atom. The lowest BCUT2D eigenvalue weighted by atomic mass is 9.92. The van der Waals surface area contributed by atoms with Crippen molar-refractivity contribution in [2.75, 3.05) is 7.11 Å². The molecule has 0 bridgehead atoms. The van der Waals surface area contributed by atoms with Gasteiger partial charge in [0.25, 0.3) is 0 Å². The molecule has 0 saturated heterocycles. The SMILES string of the molecule is C#Cc1cc(C2=C(OCc3ccccc3)C(C)CC=CC=C2)cc(C)c1OC. The van der Waals surface area contributed by atoms with Crippen molar-refractivity contribution >= 4 is 5.57 Å². The van der Waals surface area contributed by atoms with Crippen molar-refractivity contribution in [2.24, 2.45) is 5.92 Å². The van der Waals surface area contributed by atoms with E-state index in [1.54, 1.807) is 7.11 Å². The molecule has 0 heterocycles. The summed E-state index contributed by atoms with van der Waals surface area (Å²) < 4.78 is 11.9. The lowest BCUT2D eigenvalue weighted by Crippen LogP contribution is -2.08. The van der Waals surface area contributed by atoms with Crippen LogP contribution in [0.5, 0.6) is 5.75 Å². The van der Waals surface area contributed by atoms with Crippen molar-refractivity contribution in [3.63, 3.8) is 0 Å². The quantitative estimate of drug-likeness (QED) is 0.595. The van der Waals surface area contributed by atoms with Gasteiger partial charge in [-0.25, -0.2) is 0 Å². The van der Waals surface area contributed by atoms with E-state index in [9.17, 15) is 0 Å². The summed E-state index contributed by atoms with van der Waals surface area (Å²) in [7, 11) is 1.65. The van der Waals surface area contributed by atoms with E-state index in [-0.39, 0.29) is 5.92 Å². The molecular weight excluding hydrogens is 344 g/mol. The first-order valence-corrected chi connectivity index (χ1v) is 9.53. The van der Waals surface area contributed by atoms with Crippen molar-refractivity contribution < 1.29 is 9.47 Å². The topological polar surface area (TPSA) is 18.5 Å². The maximum Gasteiger partial charge on any atom is 0.137 e. The molecule has 28 heavy (non-hydrogen) atoms. The third kappa shape index (κ3) is 4.38. The summed E-state index contributed by atoms with van der Waals surface area (Å²) in [6.07, 6.45) is 15.1. The fourth-order valence-electron chi connectivity index (χ4n) is 3.47. The number of ether oxygens (including phenoxy) is 2. The summed E-state index contributed by atoms with van der Waals surface area (Å²) in [6.45, 7) is 4.76. The van der Waals surface area contributed by atoms with Crippen LogP contribution in [0.1, 0.15) is 35.6 Å². The van der Waals surface area contributed by atoms with Crippen LogP contribution in [0, 0.1) is 25.2 Å². The summed E-state index contributed by atoms with van der Waals surface area (Å²) in [6, 6.07) is 14.4. The highest BCUT2D eigenvalue weighted by atomic mass is 16.5. The number of benzene rings is 2. The van der Waals surface area contributed by atoms with E-state index < -0.39 is 0 Å². The van der Waals surface area contributed by atoms with Crippen LogP contribution in [-0.2, 0) is 11.3 Å². The molecule has 1 aliphatic rings. The smallest absolute Gasteiger partial charge is 0.137 e. The largest absolute Gasteiger partial charge is 0.495 e. The molecule has 2 aromatic rings. The number of aryl methyl sites for hydroxylation is 1. The third-order valence-corrected chi connectivity index (χ3v) is 4.90. The van der Waals surface area contributed by atoms with Gasteiger partial charge in [-0.1, -0.05) is 67.5 Å². The molecule has 3 rings (SSSR count). The van der Waals surface area contributed by atoms with E-state index >= 15 is 0 Å². The second-order valence-electron chi connectivity index (χ2n) is 6.99. The Morgan fingerprint density at radius 2 is 1.93 bits per heavy atom. The first kappa shape index (κ1) is 19.6. The van der Waals surface area contributed by atoms with Gasteiger partial charge in [-0.05, 0) is 42.2 Å². The summed E-state index contributed by atoms with van der Waals surface area (Å²) in [5.41, 5.74) is 5.04. The highest BCUT2D eigenvalue weighted by Crippen LogP contribution is 2.34. The van der Waals surface area contributed by atoms with Gasteiger partial charge in [0.15, 0.2) is 0 Å². The lowest BCUT2D eigenvalue weighted by molar-refractivity contribution is 0.171. The van der Waals surface area contributed by atoms with E-state index in [0.717, 1.165) is 45.8 Å². The molecule has 1 aliphatic carbocycles. The molecule has 1 unspecified atom stereocenters. The van der Waals surface area contributed by atoms with E-state index in [1.807, 2.05) is 31.2 Å². The second kappa shape index (κ2) is 9.15. The van der Waals surface area contributed by atoms with Crippen LogP contribution in [0.25, 0.3) is 5.57 Å². The van der Waals surface area contributed by atoms with E-state index in [1.165, 1.54) is 0 Å². The van der Waals surface area contributed by atoms with Gasteiger partial charge in [-0.2, -0.15) is 0 Å². The Hall–Kier alpha value is -3.18. The number of terminal acetylenes is 1. The Labute approximate surface area is 168 Å². The number of hydrogen-bond donors (Lipinski definition) is 0. The Kier molecular flexibility index (Phi) is 6.40. The van der Waals surface area contributed by atoms with E-state index in [2.05, 4.69) is 55.3 Å². The fraction of sp³-hybridized carbons (Fsp3) is 0.231. The molecule has 0 aromatic heterocycles. The minimum atomic E-state index is 0.261. The van der Waals surface area contributed by atoms with Gasteiger partial charge >= 0.3 is 0 Å². The average Bonchev–Trinajstić information content (AvgIpc) is 2.70. The standard InChI is InChI=1S/C26H26O2/c1-5-22-17-23(16-20(3)25(22)27-4)24-15-11-6-8-12-19(2)26(24)28-18-21-13-9-7-10-14-21/h1,6-11,13-17,19H,12,18H2,2-4H3. The molecule has 0 radical (unpaired) electrons. The van der Waals surface area contributed by atoms with Crippen molar-refractivity contribution in [3.05, 3.63) is 94.8 Å². The van der Waals surface area contributed by atoms with Gasteiger partial charge in [0.2, 0.25) is 0 Å². The van der Waals surface area contributed by atoms with Crippen molar-refractivity contribution in [1.29, 1.82) is 0 Å². The Morgan fingerprint density at radius 1 is 1.14 bits per heavy atom. The number of methoxy groups -OCH3 is 1. The number of allylic oxidation sites excluding steroid dienone is 6. The zero-order valence-electron chi connectivity index (χ0n) is 16.7. The molecule has 2 heteroatoms. The highest BCUT2D eigenvalue weighted by molar-refractivity contribution is 5.78. The maximum atomic E-state index is 6.37. The van der Waals surface area contributed by atoms with Crippen LogP contribution < -0.4 is 4.74 Å². The predicted octanol–water partition coefficient (Wildman–Crippen LogP) is 6.07. The van der Waals surface area contributed by atoms with Gasteiger partial charge in [0.05, 0.1) is 12.7 Å². The van der Waals surface area contributed by atoms with Crippen molar-refractivity contribution in [2.45, 2.75) is 26.9 Å². The molecule has 2 nitrogen and oxygen atoms in total. The molecule has 0 spiro atoms. The highest BCUT2D eigenvalue weighted by Gasteiger charge is 2.18. The molecule has 0 amide bonds. The van der Waals surface area contributed by atoms with Gasteiger partial charge in [0, 0.05) is 11.5 Å². The molecule has 0 fully saturated rings. The zero-order valence-corrected chi connectivity index (χ0v) is 16.7. The van der Waals surface area contributed by atoms with Crippen LogP contribution in [0.15, 0.2) is 72.5 Å². The Balaban J connectivity index is 2.08. The summed E-state index contributed by atoms with van der Waals surface area (Å²) in [5, 5.41) is 0. The summed E-state index contributed by atoms with van der Waals surface area (Å²) in [4.78, 5) is 0. The second-order valence-corrected chi connectivity index (χ2v) is 6.99. The lowest BCUT2D eigenvalue weighted by Gasteiger charge is -2.22. The fourth-order valence-corrected chi connectivity index (χ4v) is 3.47. The summed E-state index contributed by atoms with van der Waals surface area (Å²) in [5.74, 6) is 4.75. The molecule has 0 N–H and O–H groups in total. The van der Waals surface area contributed by atoms with Crippen LogP contribution in [0.2, 0.25) is 0 Å². The van der Waals surface area contributed by atoms with Crippen LogP contribution in [-0.4, -0.2) is 7.11 Å². The van der Waals surface area contributed by atoms with Gasteiger partial charge in [0.1, 0.15) is 18.1 Å². The van der Waals surface area contributed by atoms with Crippen LogP contribution >= 0.6 is 0 Å². The van der Waals surface area contributed by atoms with Crippen molar-refractivity contribution in [3.8, 4) is 18.1 Å². The van der Waals surface area contributed by atoms with Gasteiger partial charge in [-0.15, -0.1) is 6.42 Å². The predicted molar refractivity (Wildman–Crippen MR) is 116 cm³/mol. The molecular formula is C26H26O2. The average molecular weight is 370 g/mol. The normalized spacial score (nSPS) is 16.3. The molecule has 2 aromatic carbocycles. The van der Waals surface area contributed by atoms with Gasteiger partial charge < -0.3 is 9.47 Å². The maximum absolute atomic E-state index is 6.37. The minimum absolute atomic E-state index is 0.261. The molecule has 0 aliphatic heterocycles. The van der Waals surface area contributed by atoms with Crippen LogP contribution in [0.4, 0.5) is 0 Å². The number of hydrogen-bond acceptors (Lipinski definition) is 2. The van der Waals surface area contributed by atoms with E-state index in [0.29, 0.717) is 6.61 Å². The van der Waals surface area contributed by atoms with Crippen molar-refractivity contribution in [1.82, 2.24) is 0 Å².